The molecular weight excluding hydrogens is 232 g/mol. The highest BCUT2D eigenvalue weighted by Gasteiger charge is 2.08. The number of rotatable bonds is 3. The minimum absolute atomic E-state index is 0.0852. The Hall–Kier alpha value is -2.48. The molecule has 5 heteroatoms. The summed E-state index contributed by atoms with van der Waals surface area (Å²) < 4.78 is 0. The van der Waals surface area contributed by atoms with Gasteiger partial charge in [-0.2, -0.15) is 0 Å². The van der Waals surface area contributed by atoms with E-state index in [9.17, 15) is 9.59 Å². The van der Waals surface area contributed by atoms with Crippen molar-refractivity contribution in [2.45, 2.75) is 13.3 Å². The van der Waals surface area contributed by atoms with E-state index in [0.717, 1.165) is 0 Å². The number of carbonyl (C=O) groups is 2. The Morgan fingerprint density at radius 1 is 1.44 bits per heavy atom. The van der Waals surface area contributed by atoms with Gasteiger partial charge in [0.2, 0.25) is 5.91 Å². The smallest absolute Gasteiger partial charge is 0.337 e. The van der Waals surface area contributed by atoms with E-state index in [1.54, 1.807) is 12.1 Å². The van der Waals surface area contributed by atoms with E-state index in [2.05, 4.69) is 17.2 Å². The van der Waals surface area contributed by atoms with Crippen molar-refractivity contribution in [3.05, 3.63) is 29.3 Å². The van der Waals surface area contributed by atoms with E-state index < -0.39 is 5.97 Å². The topological polar surface area (TPSA) is 92.4 Å². The van der Waals surface area contributed by atoms with Crippen molar-refractivity contribution in [3.8, 4) is 11.8 Å². The first-order valence-electron chi connectivity index (χ1n) is 5.37. The van der Waals surface area contributed by atoms with Crippen LogP contribution < -0.4 is 11.1 Å². The summed E-state index contributed by atoms with van der Waals surface area (Å²) in [6.45, 7) is 1.87. The quantitative estimate of drug-likeness (QED) is 0.418. The first kappa shape index (κ1) is 13.6. The van der Waals surface area contributed by atoms with Gasteiger partial charge >= 0.3 is 5.97 Å². The summed E-state index contributed by atoms with van der Waals surface area (Å²) in [6, 6.07) is 4.55. The fraction of sp³-hybridized carbons (Fsp3) is 0.231. The summed E-state index contributed by atoms with van der Waals surface area (Å²) in [5, 5.41) is 11.6. The fourth-order valence-electron chi connectivity index (χ4n) is 1.31. The molecule has 18 heavy (non-hydrogen) atoms. The number of nitrogen functional groups attached to an aromatic ring is 1. The molecule has 94 valence electrons. The third-order valence-corrected chi connectivity index (χ3v) is 2.12. The van der Waals surface area contributed by atoms with Crippen molar-refractivity contribution in [2.24, 2.45) is 0 Å². The van der Waals surface area contributed by atoms with Crippen molar-refractivity contribution >= 4 is 17.6 Å². The molecule has 1 rings (SSSR count). The number of carbonyl (C=O) groups excluding carboxylic acids is 1. The highest BCUT2D eigenvalue weighted by molar-refractivity contribution is 5.91. The largest absolute Gasteiger partial charge is 0.478 e. The summed E-state index contributed by atoms with van der Waals surface area (Å²) in [5.74, 6) is 4.38. The molecule has 0 bridgehead atoms. The van der Waals surface area contributed by atoms with Crippen molar-refractivity contribution in [2.75, 3.05) is 12.3 Å². The molecule has 0 fully saturated rings. The Morgan fingerprint density at radius 3 is 2.78 bits per heavy atom. The number of aromatic carboxylic acids is 1. The molecule has 0 saturated carbocycles. The zero-order chi connectivity index (χ0) is 13.5. The van der Waals surface area contributed by atoms with E-state index in [-0.39, 0.29) is 11.5 Å². The highest BCUT2D eigenvalue weighted by Crippen LogP contribution is 2.12. The van der Waals surface area contributed by atoms with Gasteiger partial charge in [-0.1, -0.05) is 11.8 Å². The fourth-order valence-corrected chi connectivity index (χ4v) is 1.31. The summed E-state index contributed by atoms with van der Waals surface area (Å²) in [5.41, 5.74) is 6.40. The van der Waals surface area contributed by atoms with Crippen molar-refractivity contribution in [3.63, 3.8) is 0 Å². The van der Waals surface area contributed by atoms with E-state index in [1.165, 1.54) is 13.0 Å². The molecule has 0 aliphatic rings. The Bertz CT molecular complexity index is 527. The maximum Gasteiger partial charge on any atom is 0.337 e. The molecule has 0 aliphatic heterocycles. The average molecular weight is 246 g/mol. The van der Waals surface area contributed by atoms with Gasteiger partial charge in [-0.05, 0) is 18.2 Å². The maximum atomic E-state index is 11.0. The molecule has 0 unspecified atom stereocenters. The Labute approximate surface area is 105 Å². The Kier molecular flexibility index (Phi) is 4.76. The first-order chi connectivity index (χ1) is 8.50. The van der Waals surface area contributed by atoms with Gasteiger partial charge in [0.25, 0.3) is 0 Å². The van der Waals surface area contributed by atoms with Crippen molar-refractivity contribution in [1.82, 2.24) is 5.32 Å². The van der Waals surface area contributed by atoms with Crippen LogP contribution in [-0.2, 0) is 4.79 Å². The Balaban J connectivity index is 2.75. The second-order valence-electron chi connectivity index (χ2n) is 3.64. The van der Waals surface area contributed by atoms with Crippen LogP contribution in [0.1, 0.15) is 29.3 Å². The number of hydrogen-bond acceptors (Lipinski definition) is 3. The lowest BCUT2D eigenvalue weighted by molar-refractivity contribution is -0.118. The normalized spacial score (nSPS) is 9.17. The van der Waals surface area contributed by atoms with Crippen LogP contribution in [-0.4, -0.2) is 23.5 Å². The molecule has 1 aromatic rings. The molecule has 5 nitrogen and oxygen atoms in total. The van der Waals surface area contributed by atoms with Crippen LogP contribution in [0.3, 0.4) is 0 Å². The number of nitrogens with two attached hydrogens (primary N) is 1. The summed E-state index contributed by atoms with van der Waals surface area (Å²) in [4.78, 5) is 21.6. The predicted molar refractivity (Wildman–Crippen MR) is 68.0 cm³/mol. The lowest BCUT2D eigenvalue weighted by Crippen LogP contribution is -2.20. The molecule has 1 aromatic carbocycles. The monoisotopic (exact) mass is 246 g/mol. The molecule has 0 radical (unpaired) electrons. The van der Waals surface area contributed by atoms with Gasteiger partial charge in [0.15, 0.2) is 0 Å². The van der Waals surface area contributed by atoms with E-state index >= 15 is 0 Å². The molecule has 0 heterocycles. The van der Waals surface area contributed by atoms with Gasteiger partial charge < -0.3 is 16.2 Å². The van der Waals surface area contributed by atoms with Crippen molar-refractivity contribution < 1.29 is 14.7 Å². The minimum atomic E-state index is -1.06. The summed E-state index contributed by atoms with van der Waals surface area (Å²) in [6.07, 6.45) is 0.461. The predicted octanol–water partition coefficient (Wildman–Crippen LogP) is 0.845. The summed E-state index contributed by atoms with van der Waals surface area (Å²) in [7, 11) is 0. The SMILES string of the molecule is CC(=O)NCCC#Cc1ccc(N)cc1C(=O)O. The molecular formula is C13H14N2O3. The lowest BCUT2D eigenvalue weighted by Gasteiger charge is -2.00. The van der Waals surface area contributed by atoms with Gasteiger partial charge in [0.1, 0.15) is 0 Å². The third-order valence-electron chi connectivity index (χ3n) is 2.12. The number of nitrogens with one attached hydrogen (secondary N) is 1. The zero-order valence-corrected chi connectivity index (χ0v) is 9.99. The molecule has 0 saturated heterocycles. The number of amides is 1. The number of carboxylic acids is 1. The molecule has 0 spiro atoms. The first-order valence-corrected chi connectivity index (χ1v) is 5.37. The van der Waals surface area contributed by atoms with Crippen molar-refractivity contribution in [1.29, 1.82) is 0 Å². The number of hydrogen-bond donors (Lipinski definition) is 3. The number of anilines is 1. The van der Waals surface area contributed by atoms with Crippen LogP contribution >= 0.6 is 0 Å². The third kappa shape index (κ3) is 4.18. The molecule has 0 aromatic heterocycles. The number of benzene rings is 1. The van der Waals surface area contributed by atoms with E-state index in [1.807, 2.05) is 0 Å². The van der Waals surface area contributed by atoms with Gasteiger partial charge in [0.05, 0.1) is 5.56 Å². The van der Waals surface area contributed by atoms with Gasteiger partial charge in [-0.3, -0.25) is 4.79 Å². The van der Waals surface area contributed by atoms with Crippen LogP contribution in [0.4, 0.5) is 5.69 Å². The van der Waals surface area contributed by atoms with Gasteiger partial charge in [0, 0.05) is 31.1 Å². The molecule has 0 atom stereocenters. The summed E-state index contributed by atoms with van der Waals surface area (Å²) >= 11 is 0. The van der Waals surface area contributed by atoms with Gasteiger partial charge in [-0.25, -0.2) is 4.79 Å². The van der Waals surface area contributed by atoms with E-state index in [0.29, 0.717) is 24.2 Å². The zero-order valence-electron chi connectivity index (χ0n) is 9.99. The molecule has 4 N–H and O–H groups in total. The maximum absolute atomic E-state index is 11.0. The molecule has 1 amide bonds. The van der Waals surface area contributed by atoms with Crippen LogP contribution in [0.25, 0.3) is 0 Å². The highest BCUT2D eigenvalue weighted by atomic mass is 16.4. The van der Waals surface area contributed by atoms with Crippen LogP contribution in [0, 0.1) is 11.8 Å². The standard InChI is InChI=1S/C13H14N2O3/c1-9(16)15-7-3-2-4-10-5-6-11(14)8-12(10)13(17)18/h5-6,8H,3,7,14H2,1H3,(H,15,16)(H,17,18). The number of carboxylic acid groups (broad SMARTS) is 1. The van der Waals surface area contributed by atoms with Crippen LogP contribution in [0.5, 0.6) is 0 Å². The average Bonchev–Trinajstić information content (AvgIpc) is 2.29. The van der Waals surface area contributed by atoms with E-state index in [4.69, 9.17) is 10.8 Å². The van der Waals surface area contributed by atoms with Crippen LogP contribution in [0.2, 0.25) is 0 Å². The minimum Gasteiger partial charge on any atom is -0.478 e. The lowest BCUT2D eigenvalue weighted by atomic mass is 10.1. The van der Waals surface area contributed by atoms with Gasteiger partial charge in [-0.15, -0.1) is 0 Å². The van der Waals surface area contributed by atoms with Crippen LogP contribution in [0.15, 0.2) is 18.2 Å². The second-order valence-corrected chi connectivity index (χ2v) is 3.64. The molecule has 0 aliphatic carbocycles. The Morgan fingerprint density at radius 2 is 2.17 bits per heavy atom. The second kappa shape index (κ2) is 6.30.